The molecule has 0 saturated heterocycles. The SMILES string of the molecule is COC(=O)c1ccc2ncc(Cl)c(-c3ccc(F)cc3C)c2c1. The number of benzene rings is 2. The Balaban J connectivity index is 2.33. The van der Waals surface area contributed by atoms with Crippen LogP contribution in [0.2, 0.25) is 5.02 Å². The Morgan fingerprint density at radius 3 is 2.70 bits per heavy atom. The van der Waals surface area contributed by atoms with Gasteiger partial charge in [0.2, 0.25) is 0 Å². The molecule has 0 aliphatic heterocycles. The summed E-state index contributed by atoms with van der Waals surface area (Å²) < 4.78 is 18.1. The molecule has 0 radical (unpaired) electrons. The van der Waals surface area contributed by atoms with Crippen LogP contribution in [0, 0.1) is 12.7 Å². The molecule has 0 fully saturated rings. The Labute approximate surface area is 137 Å². The number of fused-ring (bicyclic) bond motifs is 1. The number of halogens is 2. The first-order valence-corrected chi connectivity index (χ1v) is 7.32. The zero-order valence-electron chi connectivity index (χ0n) is 12.6. The van der Waals surface area contributed by atoms with Crippen LogP contribution < -0.4 is 0 Å². The first-order valence-electron chi connectivity index (χ1n) is 6.94. The van der Waals surface area contributed by atoms with E-state index in [1.165, 1.54) is 19.2 Å². The Kier molecular flexibility index (Phi) is 4.01. The first kappa shape index (κ1) is 15.4. The molecule has 3 nitrogen and oxygen atoms in total. The molecule has 23 heavy (non-hydrogen) atoms. The molecule has 1 heterocycles. The van der Waals surface area contributed by atoms with Crippen molar-refractivity contribution >= 4 is 28.5 Å². The molecule has 116 valence electrons. The van der Waals surface area contributed by atoms with E-state index in [0.29, 0.717) is 16.1 Å². The maximum absolute atomic E-state index is 13.4. The number of pyridine rings is 1. The van der Waals surface area contributed by atoms with Crippen molar-refractivity contribution in [2.75, 3.05) is 7.11 Å². The number of aromatic nitrogens is 1. The third kappa shape index (κ3) is 2.78. The summed E-state index contributed by atoms with van der Waals surface area (Å²) in [6, 6.07) is 9.59. The smallest absolute Gasteiger partial charge is 0.337 e. The van der Waals surface area contributed by atoms with E-state index in [1.54, 1.807) is 30.5 Å². The highest BCUT2D eigenvalue weighted by Gasteiger charge is 2.15. The molecule has 0 aliphatic carbocycles. The van der Waals surface area contributed by atoms with E-state index in [1.807, 2.05) is 6.92 Å². The highest BCUT2D eigenvalue weighted by molar-refractivity contribution is 6.34. The lowest BCUT2D eigenvalue weighted by Gasteiger charge is -2.12. The number of carbonyl (C=O) groups is 1. The number of aryl methyl sites for hydroxylation is 1. The maximum atomic E-state index is 13.4. The molecule has 3 aromatic rings. The van der Waals surface area contributed by atoms with Gasteiger partial charge in [-0.2, -0.15) is 0 Å². The summed E-state index contributed by atoms with van der Waals surface area (Å²) >= 11 is 6.34. The van der Waals surface area contributed by atoms with E-state index in [2.05, 4.69) is 4.98 Å². The molecule has 0 bridgehead atoms. The molecule has 5 heteroatoms. The van der Waals surface area contributed by atoms with Crippen molar-refractivity contribution in [3.63, 3.8) is 0 Å². The van der Waals surface area contributed by atoms with Gasteiger partial charge in [0.1, 0.15) is 5.82 Å². The largest absolute Gasteiger partial charge is 0.465 e. The van der Waals surface area contributed by atoms with Crippen LogP contribution in [-0.4, -0.2) is 18.1 Å². The number of rotatable bonds is 2. The fourth-order valence-electron chi connectivity index (χ4n) is 2.59. The van der Waals surface area contributed by atoms with Crippen LogP contribution in [0.15, 0.2) is 42.6 Å². The van der Waals surface area contributed by atoms with E-state index in [-0.39, 0.29) is 5.82 Å². The van der Waals surface area contributed by atoms with Crippen molar-refractivity contribution in [3.8, 4) is 11.1 Å². The van der Waals surface area contributed by atoms with Crippen molar-refractivity contribution in [3.05, 3.63) is 64.6 Å². The molecule has 0 spiro atoms. The lowest BCUT2D eigenvalue weighted by Crippen LogP contribution is -2.01. The highest BCUT2D eigenvalue weighted by Crippen LogP contribution is 2.36. The zero-order chi connectivity index (χ0) is 16.6. The van der Waals surface area contributed by atoms with Crippen LogP contribution in [0.25, 0.3) is 22.0 Å². The maximum Gasteiger partial charge on any atom is 0.337 e. The van der Waals surface area contributed by atoms with E-state index in [4.69, 9.17) is 16.3 Å². The fraction of sp³-hybridized carbons (Fsp3) is 0.111. The monoisotopic (exact) mass is 329 g/mol. The molecule has 2 aromatic carbocycles. The van der Waals surface area contributed by atoms with Gasteiger partial charge in [0, 0.05) is 17.1 Å². The van der Waals surface area contributed by atoms with Crippen LogP contribution in [-0.2, 0) is 4.74 Å². The number of hydrogen-bond acceptors (Lipinski definition) is 3. The molecule has 0 amide bonds. The average Bonchev–Trinajstić information content (AvgIpc) is 2.54. The van der Waals surface area contributed by atoms with Gasteiger partial charge in [-0.3, -0.25) is 4.98 Å². The zero-order valence-corrected chi connectivity index (χ0v) is 13.3. The summed E-state index contributed by atoms with van der Waals surface area (Å²) in [5, 5.41) is 1.16. The highest BCUT2D eigenvalue weighted by atomic mass is 35.5. The topological polar surface area (TPSA) is 39.2 Å². The van der Waals surface area contributed by atoms with Gasteiger partial charge in [-0.15, -0.1) is 0 Å². The van der Waals surface area contributed by atoms with Crippen LogP contribution in [0.1, 0.15) is 15.9 Å². The molecule has 0 unspecified atom stereocenters. The van der Waals surface area contributed by atoms with Gasteiger partial charge in [-0.1, -0.05) is 17.7 Å². The molecule has 1 aromatic heterocycles. The third-order valence-corrected chi connectivity index (χ3v) is 3.99. The van der Waals surface area contributed by atoms with E-state index in [9.17, 15) is 9.18 Å². The van der Waals surface area contributed by atoms with Gasteiger partial charge < -0.3 is 4.74 Å². The van der Waals surface area contributed by atoms with Crippen LogP contribution in [0.4, 0.5) is 4.39 Å². The average molecular weight is 330 g/mol. The lowest BCUT2D eigenvalue weighted by atomic mass is 9.96. The third-order valence-electron chi connectivity index (χ3n) is 3.70. The van der Waals surface area contributed by atoms with Gasteiger partial charge in [0.15, 0.2) is 0 Å². The summed E-state index contributed by atoms with van der Waals surface area (Å²) in [5.41, 5.74) is 3.37. The molecular weight excluding hydrogens is 317 g/mol. The minimum atomic E-state index is -0.436. The molecule has 0 aliphatic rings. The van der Waals surface area contributed by atoms with Gasteiger partial charge >= 0.3 is 5.97 Å². The van der Waals surface area contributed by atoms with E-state index >= 15 is 0 Å². The summed E-state index contributed by atoms with van der Waals surface area (Å²) in [6.07, 6.45) is 1.56. The molecule has 0 atom stereocenters. The lowest BCUT2D eigenvalue weighted by molar-refractivity contribution is 0.0601. The predicted molar refractivity (Wildman–Crippen MR) is 88.2 cm³/mol. The summed E-state index contributed by atoms with van der Waals surface area (Å²) in [7, 11) is 1.33. The molecular formula is C18H13ClFNO2. The second-order valence-corrected chi connectivity index (χ2v) is 5.57. The van der Waals surface area contributed by atoms with Crippen molar-refractivity contribution in [1.82, 2.24) is 4.98 Å². The predicted octanol–water partition coefficient (Wildman–Crippen LogP) is 4.79. The van der Waals surface area contributed by atoms with Crippen LogP contribution in [0.5, 0.6) is 0 Å². The standard InChI is InChI=1S/C18H13ClFNO2/c1-10-7-12(20)4-5-13(10)17-14-8-11(18(22)23-2)3-6-16(14)21-9-15(17)19/h3-9H,1-2H3. The van der Waals surface area contributed by atoms with Crippen LogP contribution in [0.3, 0.4) is 0 Å². The summed E-state index contributed by atoms with van der Waals surface area (Å²) in [5.74, 6) is -0.746. The second kappa shape index (κ2) is 5.97. The van der Waals surface area contributed by atoms with Gasteiger partial charge in [-0.05, 0) is 48.4 Å². The minimum absolute atomic E-state index is 0.309. The Bertz CT molecular complexity index is 924. The second-order valence-electron chi connectivity index (χ2n) is 5.16. The van der Waals surface area contributed by atoms with Gasteiger partial charge in [0.05, 0.1) is 23.2 Å². The van der Waals surface area contributed by atoms with Crippen molar-refractivity contribution in [2.45, 2.75) is 6.92 Å². The number of nitrogens with zero attached hydrogens (tertiary/aromatic N) is 1. The summed E-state index contributed by atoms with van der Waals surface area (Å²) in [4.78, 5) is 16.1. The number of ether oxygens (including phenoxy) is 1. The minimum Gasteiger partial charge on any atom is -0.465 e. The van der Waals surface area contributed by atoms with Gasteiger partial charge in [0.25, 0.3) is 0 Å². The summed E-state index contributed by atoms with van der Waals surface area (Å²) in [6.45, 7) is 1.81. The Morgan fingerprint density at radius 2 is 2.00 bits per heavy atom. The molecule has 0 saturated carbocycles. The normalized spacial score (nSPS) is 10.8. The van der Waals surface area contributed by atoms with Crippen molar-refractivity contribution < 1.29 is 13.9 Å². The number of hydrogen-bond donors (Lipinski definition) is 0. The fourth-order valence-corrected chi connectivity index (χ4v) is 2.85. The number of carbonyl (C=O) groups excluding carboxylic acids is 1. The molecule has 0 N–H and O–H groups in total. The van der Waals surface area contributed by atoms with Crippen LogP contribution >= 0.6 is 11.6 Å². The van der Waals surface area contributed by atoms with Crippen molar-refractivity contribution in [2.24, 2.45) is 0 Å². The Hall–Kier alpha value is -2.46. The quantitative estimate of drug-likeness (QED) is 0.634. The first-order chi connectivity index (χ1) is 11.0. The number of methoxy groups -OCH3 is 1. The van der Waals surface area contributed by atoms with Crippen molar-refractivity contribution in [1.29, 1.82) is 0 Å². The van der Waals surface area contributed by atoms with E-state index in [0.717, 1.165) is 22.1 Å². The van der Waals surface area contributed by atoms with E-state index < -0.39 is 5.97 Å². The Morgan fingerprint density at radius 1 is 1.22 bits per heavy atom. The molecule has 3 rings (SSSR count). The van der Waals surface area contributed by atoms with Gasteiger partial charge in [-0.25, -0.2) is 9.18 Å². The number of esters is 1.